The summed E-state index contributed by atoms with van der Waals surface area (Å²) in [5.41, 5.74) is 3.62. The topological polar surface area (TPSA) is 61.9 Å². The molecule has 1 saturated carbocycles. The van der Waals surface area contributed by atoms with Crippen LogP contribution in [0.4, 0.5) is 5.69 Å². The van der Waals surface area contributed by atoms with Gasteiger partial charge < -0.3 is 19.9 Å². The molecule has 3 aromatic carbocycles. The Bertz CT molecular complexity index is 1330. The van der Waals surface area contributed by atoms with Crippen molar-refractivity contribution in [1.82, 2.24) is 10.2 Å². The summed E-state index contributed by atoms with van der Waals surface area (Å²) in [7, 11) is 2.05. The molecule has 1 N–H and O–H groups in total. The van der Waals surface area contributed by atoms with Gasteiger partial charge in [0.25, 0.3) is 11.8 Å². The molecule has 2 fully saturated rings. The third kappa shape index (κ3) is 6.86. The summed E-state index contributed by atoms with van der Waals surface area (Å²) in [6.45, 7) is 1.97. The van der Waals surface area contributed by atoms with Crippen molar-refractivity contribution in [2.75, 3.05) is 25.0 Å². The van der Waals surface area contributed by atoms with Crippen LogP contribution in [0.2, 0.25) is 5.02 Å². The van der Waals surface area contributed by atoms with Gasteiger partial charge in [0.1, 0.15) is 6.10 Å². The molecule has 6 nitrogen and oxygen atoms in total. The summed E-state index contributed by atoms with van der Waals surface area (Å²) in [4.78, 5) is 30.4. The van der Waals surface area contributed by atoms with Crippen LogP contribution in [0, 0.1) is 0 Å². The van der Waals surface area contributed by atoms with E-state index in [0.29, 0.717) is 29.4 Å². The first-order valence-corrected chi connectivity index (χ1v) is 14.4. The predicted molar refractivity (Wildman–Crippen MR) is 160 cm³/mol. The number of nitrogens with one attached hydrogen (secondary N) is 1. The van der Waals surface area contributed by atoms with Gasteiger partial charge in [0, 0.05) is 43.0 Å². The van der Waals surface area contributed by atoms with Crippen molar-refractivity contribution in [3.05, 3.63) is 106 Å². The molecular weight excluding hydrogens is 522 g/mol. The SMILES string of the molecule is CN(CCCNC(=O)c1ccc(/C=C2\OC3CCCCC3N(Cc3ccc(Cl)cc3)C2=O)cc1)c1ccccc1. The number of hydrogen-bond donors (Lipinski definition) is 1. The second kappa shape index (κ2) is 13.1. The maximum atomic E-state index is 13.6. The first-order chi connectivity index (χ1) is 19.5. The number of carbonyl (C=O) groups excluding carboxylic acids is 2. The smallest absolute Gasteiger partial charge is 0.289 e. The average molecular weight is 558 g/mol. The molecule has 1 aliphatic carbocycles. The standard InChI is InChI=1S/C33H36ClN3O3/c1-36(28-8-3-2-4-9-28)21-7-20-35-32(38)26-16-12-24(13-17-26)22-31-33(39)37(23-25-14-18-27(34)19-15-25)29-10-5-6-11-30(29)40-31/h2-4,8-9,12-19,22,29-30H,5-7,10-11,20-21,23H2,1H3,(H,35,38)/b31-22-. The van der Waals surface area contributed by atoms with Gasteiger partial charge in [-0.3, -0.25) is 9.59 Å². The monoisotopic (exact) mass is 557 g/mol. The number of anilines is 1. The number of hydrogen-bond acceptors (Lipinski definition) is 4. The number of fused-ring (bicyclic) bond motifs is 1. The largest absolute Gasteiger partial charge is 0.482 e. The Morgan fingerprint density at radius 1 is 1.02 bits per heavy atom. The van der Waals surface area contributed by atoms with E-state index >= 15 is 0 Å². The molecule has 3 aromatic rings. The van der Waals surface area contributed by atoms with E-state index < -0.39 is 0 Å². The lowest BCUT2D eigenvalue weighted by Gasteiger charge is -2.44. The number of rotatable bonds is 9. The Hall–Kier alpha value is -3.77. The van der Waals surface area contributed by atoms with Crippen molar-refractivity contribution in [1.29, 1.82) is 0 Å². The van der Waals surface area contributed by atoms with Gasteiger partial charge in [-0.2, -0.15) is 0 Å². The molecule has 0 spiro atoms. The van der Waals surface area contributed by atoms with Gasteiger partial charge in [0.2, 0.25) is 0 Å². The molecule has 5 rings (SSSR count). The highest BCUT2D eigenvalue weighted by atomic mass is 35.5. The Kier molecular flexibility index (Phi) is 9.07. The fourth-order valence-corrected chi connectivity index (χ4v) is 5.59. The molecular formula is C33H36ClN3O3. The molecule has 2 atom stereocenters. The lowest BCUT2D eigenvalue weighted by Crippen LogP contribution is -2.54. The minimum Gasteiger partial charge on any atom is -0.482 e. The van der Waals surface area contributed by atoms with E-state index in [1.165, 1.54) is 0 Å². The normalized spacial score (nSPS) is 19.6. The summed E-state index contributed by atoms with van der Waals surface area (Å²) in [5.74, 6) is 0.156. The van der Waals surface area contributed by atoms with E-state index in [1.807, 2.05) is 59.5 Å². The van der Waals surface area contributed by atoms with Gasteiger partial charge >= 0.3 is 0 Å². The van der Waals surface area contributed by atoms with Crippen LogP contribution in [0.3, 0.4) is 0 Å². The van der Waals surface area contributed by atoms with Gasteiger partial charge in [-0.25, -0.2) is 0 Å². The van der Waals surface area contributed by atoms with E-state index in [9.17, 15) is 9.59 Å². The molecule has 2 amide bonds. The lowest BCUT2D eigenvalue weighted by molar-refractivity contribution is -0.149. The van der Waals surface area contributed by atoms with Crippen LogP contribution in [-0.4, -0.2) is 49.0 Å². The van der Waals surface area contributed by atoms with Crippen LogP contribution in [0.15, 0.2) is 84.6 Å². The molecule has 2 aliphatic rings. The molecule has 208 valence electrons. The van der Waals surface area contributed by atoms with Crippen LogP contribution in [0.5, 0.6) is 0 Å². The maximum Gasteiger partial charge on any atom is 0.289 e. The van der Waals surface area contributed by atoms with E-state index in [4.69, 9.17) is 16.3 Å². The number of para-hydroxylation sites is 1. The third-order valence-electron chi connectivity index (χ3n) is 7.71. The van der Waals surface area contributed by atoms with Gasteiger partial charge in [-0.15, -0.1) is 0 Å². The van der Waals surface area contributed by atoms with E-state index in [0.717, 1.165) is 55.5 Å². The third-order valence-corrected chi connectivity index (χ3v) is 7.96. The molecule has 1 heterocycles. The number of carbonyl (C=O) groups is 2. The summed E-state index contributed by atoms with van der Waals surface area (Å²) >= 11 is 6.07. The zero-order valence-electron chi connectivity index (χ0n) is 22.9. The van der Waals surface area contributed by atoms with E-state index in [-0.39, 0.29) is 24.0 Å². The molecule has 0 bridgehead atoms. The van der Waals surface area contributed by atoms with Crippen LogP contribution in [0.25, 0.3) is 6.08 Å². The van der Waals surface area contributed by atoms with Crippen LogP contribution in [0.1, 0.15) is 53.6 Å². The number of ether oxygens (including phenoxy) is 1. The first kappa shape index (κ1) is 27.8. The van der Waals surface area contributed by atoms with Crippen molar-refractivity contribution in [3.8, 4) is 0 Å². The molecule has 0 radical (unpaired) electrons. The molecule has 2 unspecified atom stereocenters. The summed E-state index contributed by atoms with van der Waals surface area (Å²) < 4.78 is 6.25. The van der Waals surface area contributed by atoms with Crippen molar-refractivity contribution in [2.24, 2.45) is 0 Å². The van der Waals surface area contributed by atoms with Gasteiger partial charge in [-0.1, -0.05) is 60.5 Å². The van der Waals surface area contributed by atoms with Crippen molar-refractivity contribution >= 4 is 35.2 Å². The van der Waals surface area contributed by atoms with Crippen molar-refractivity contribution in [3.63, 3.8) is 0 Å². The van der Waals surface area contributed by atoms with Crippen LogP contribution < -0.4 is 10.2 Å². The Balaban J connectivity index is 1.20. The number of halogens is 1. The predicted octanol–water partition coefficient (Wildman–Crippen LogP) is 6.31. The Morgan fingerprint density at radius 3 is 2.50 bits per heavy atom. The molecule has 7 heteroatoms. The molecule has 1 saturated heterocycles. The summed E-state index contributed by atoms with van der Waals surface area (Å²) in [5, 5.41) is 3.68. The maximum absolute atomic E-state index is 13.6. The highest BCUT2D eigenvalue weighted by Crippen LogP contribution is 2.34. The Morgan fingerprint density at radius 2 is 1.75 bits per heavy atom. The van der Waals surface area contributed by atoms with Gasteiger partial charge in [-0.05, 0) is 79.3 Å². The summed E-state index contributed by atoms with van der Waals surface area (Å²) in [6.07, 6.45) is 6.72. The highest BCUT2D eigenvalue weighted by Gasteiger charge is 2.41. The summed E-state index contributed by atoms with van der Waals surface area (Å²) in [6, 6.07) is 25.2. The highest BCUT2D eigenvalue weighted by molar-refractivity contribution is 6.30. The molecule has 0 aromatic heterocycles. The second-order valence-electron chi connectivity index (χ2n) is 10.6. The van der Waals surface area contributed by atoms with Gasteiger partial charge in [0.05, 0.1) is 6.04 Å². The number of morpholine rings is 1. The number of amides is 2. The first-order valence-electron chi connectivity index (χ1n) is 14.1. The lowest BCUT2D eigenvalue weighted by atomic mass is 9.89. The van der Waals surface area contributed by atoms with E-state index in [1.54, 1.807) is 18.2 Å². The molecule has 40 heavy (non-hydrogen) atoms. The Labute approximate surface area is 241 Å². The van der Waals surface area contributed by atoms with Crippen molar-refractivity contribution < 1.29 is 14.3 Å². The van der Waals surface area contributed by atoms with Crippen molar-refractivity contribution in [2.45, 2.75) is 50.8 Å². The number of benzene rings is 3. The van der Waals surface area contributed by atoms with E-state index in [2.05, 4.69) is 29.4 Å². The minimum atomic E-state index is -0.106. The second-order valence-corrected chi connectivity index (χ2v) is 11.0. The number of nitrogens with zero attached hydrogens (tertiary/aromatic N) is 2. The quantitative estimate of drug-likeness (QED) is 0.247. The fourth-order valence-electron chi connectivity index (χ4n) is 5.46. The zero-order chi connectivity index (χ0) is 27.9. The van der Waals surface area contributed by atoms with Crippen LogP contribution in [-0.2, 0) is 16.1 Å². The minimum absolute atomic E-state index is 0.00372. The zero-order valence-corrected chi connectivity index (χ0v) is 23.6. The van der Waals surface area contributed by atoms with Gasteiger partial charge in [0.15, 0.2) is 5.76 Å². The van der Waals surface area contributed by atoms with Crippen LogP contribution >= 0.6 is 11.6 Å². The fraction of sp³-hybridized carbons (Fsp3) is 0.333. The average Bonchev–Trinajstić information content (AvgIpc) is 2.99. The molecule has 1 aliphatic heterocycles.